The van der Waals surface area contributed by atoms with Crippen LogP contribution in [0.2, 0.25) is 0 Å². The van der Waals surface area contributed by atoms with E-state index in [0.717, 1.165) is 23.3 Å². The molecule has 0 unspecified atom stereocenters. The van der Waals surface area contributed by atoms with Gasteiger partial charge in [-0.1, -0.05) is 19.1 Å². The first kappa shape index (κ1) is 19.8. The summed E-state index contributed by atoms with van der Waals surface area (Å²) < 4.78 is 7.66. The number of nitrogens with one attached hydrogen (secondary N) is 1. The SMILES string of the molecule is CC[C@@H](C)Oc1ccc(CNC(=O)N(C)Cc2cnn(C(C)C)c2)cc1. The van der Waals surface area contributed by atoms with Gasteiger partial charge in [0.2, 0.25) is 0 Å². The van der Waals surface area contributed by atoms with E-state index < -0.39 is 0 Å². The number of urea groups is 1. The fraction of sp³-hybridized carbons (Fsp3) is 0.500. The Morgan fingerprint density at radius 3 is 2.50 bits per heavy atom. The molecule has 1 aromatic heterocycles. The third-order valence-electron chi connectivity index (χ3n) is 4.23. The van der Waals surface area contributed by atoms with Crippen molar-refractivity contribution in [1.82, 2.24) is 20.0 Å². The van der Waals surface area contributed by atoms with E-state index in [9.17, 15) is 4.79 Å². The lowest BCUT2D eigenvalue weighted by atomic mass is 10.2. The average Bonchev–Trinajstić information content (AvgIpc) is 3.09. The lowest BCUT2D eigenvalue weighted by molar-refractivity contribution is 0.206. The summed E-state index contributed by atoms with van der Waals surface area (Å²) >= 11 is 0. The van der Waals surface area contributed by atoms with Gasteiger partial charge in [-0.15, -0.1) is 0 Å². The van der Waals surface area contributed by atoms with Crippen molar-refractivity contribution in [2.45, 2.75) is 59.4 Å². The number of nitrogens with zero attached hydrogens (tertiary/aromatic N) is 3. The zero-order valence-electron chi connectivity index (χ0n) is 16.4. The summed E-state index contributed by atoms with van der Waals surface area (Å²) in [6.07, 6.45) is 4.96. The molecule has 0 aliphatic rings. The van der Waals surface area contributed by atoms with Crippen molar-refractivity contribution in [2.24, 2.45) is 0 Å². The number of aromatic nitrogens is 2. The average molecular weight is 358 g/mol. The van der Waals surface area contributed by atoms with E-state index in [2.05, 4.69) is 38.1 Å². The Kier molecular flexibility index (Phi) is 7.06. The molecule has 2 amide bonds. The molecule has 0 fully saturated rings. The van der Waals surface area contributed by atoms with Crippen molar-refractivity contribution >= 4 is 6.03 Å². The smallest absolute Gasteiger partial charge is 0.317 e. The van der Waals surface area contributed by atoms with Gasteiger partial charge in [0.15, 0.2) is 0 Å². The molecule has 6 heteroatoms. The van der Waals surface area contributed by atoms with Crippen molar-refractivity contribution in [3.05, 3.63) is 47.8 Å². The van der Waals surface area contributed by atoms with Gasteiger partial charge >= 0.3 is 6.03 Å². The molecule has 26 heavy (non-hydrogen) atoms. The number of carbonyl (C=O) groups excluding carboxylic acids is 1. The summed E-state index contributed by atoms with van der Waals surface area (Å²) in [7, 11) is 1.78. The number of hydrogen-bond donors (Lipinski definition) is 1. The van der Waals surface area contributed by atoms with Gasteiger partial charge in [0.05, 0.1) is 18.8 Å². The molecule has 6 nitrogen and oxygen atoms in total. The molecule has 2 rings (SSSR count). The third-order valence-corrected chi connectivity index (χ3v) is 4.23. The lowest BCUT2D eigenvalue weighted by Crippen LogP contribution is -2.36. The number of rotatable bonds is 8. The van der Waals surface area contributed by atoms with Crippen LogP contribution in [0.5, 0.6) is 5.75 Å². The van der Waals surface area contributed by atoms with E-state index in [-0.39, 0.29) is 12.1 Å². The fourth-order valence-electron chi connectivity index (χ4n) is 2.40. The maximum absolute atomic E-state index is 12.3. The topological polar surface area (TPSA) is 59.4 Å². The van der Waals surface area contributed by atoms with Crippen LogP contribution in [0, 0.1) is 0 Å². The Morgan fingerprint density at radius 2 is 1.92 bits per heavy atom. The Balaban J connectivity index is 1.81. The minimum absolute atomic E-state index is 0.109. The summed E-state index contributed by atoms with van der Waals surface area (Å²) in [6, 6.07) is 8.04. The number of ether oxygens (including phenoxy) is 1. The van der Waals surface area contributed by atoms with Crippen LogP contribution in [0.15, 0.2) is 36.7 Å². The summed E-state index contributed by atoms with van der Waals surface area (Å²) in [5, 5.41) is 7.24. The highest BCUT2D eigenvalue weighted by molar-refractivity contribution is 5.73. The lowest BCUT2D eigenvalue weighted by Gasteiger charge is -2.17. The van der Waals surface area contributed by atoms with Crippen molar-refractivity contribution in [3.8, 4) is 5.75 Å². The van der Waals surface area contributed by atoms with Gasteiger partial charge in [-0.2, -0.15) is 5.10 Å². The molecule has 1 aromatic carbocycles. The molecule has 1 heterocycles. The zero-order valence-corrected chi connectivity index (χ0v) is 16.4. The van der Waals surface area contributed by atoms with Crippen LogP contribution in [0.1, 0.15) is 51.3 Å². The molecule has 0 aliphatic carbocycles. The van der Waals surface area contributed by atoms with Crippen LogP contribution >= 0.6 is 0 Å². The first-order valence-corrected chi connectivity index (χ1v) is 9.16. The van der Waals surface area contributed by atoms with Crippen LogP contribution in [-0.4, -0.2) is 33.9 Å². The predicted molar refractivity (Wildman–Crippen MR) is 103 cm³/mol. The fourth-order valence-corrected chi connectivity index (χ4v) is 2.40. The highest BCUT2D eigenvalue weighted by Crippen LogP contribution is 2.15. The van der Waals surface area contributed by atoms with E-state index >= 15 is 0 Å². The summed E-state index contributed by atoms with van der Waals surface area (Å²) in [4.78, 5) is 13.9. The maximum atomic E-state index is 12.3. The van der Waals surface area contributed by atoms with Crippen LogP contribution in [0.3, 0.4) is 0 Å². The molecule has 0 radical (unpaired) electrons. The van der Waals surface area contributed by atoms with Gasteiger partial charge in [0, 0.05) is 31.4 Å². The Bertz CT molecular complexity index is 694. The second kappa shape index (κ2) is 9.27. The molecule has 0 spiro atoms. The van der Waals surface area contributed by atoms with E-state index in [1.807, 2.05) is 35.1 Å². The van der Waals surface area contributed by atoms with Crippen molar-refractivity contribution < 1.29 is 9.53 Å². The molecular weight excluding hydrogens is 328 g/mol. The number of amides is 2. The molecule has 1 N–H and O–H groups in total. The number of carbonyl (C=O) groups is 1. The van der Waals surface area contributed by atoms with Crippen LogP contribution in [0.4, 0.5) is 4.79 Å². The minimum atomic E-state index is -0.109. The van der Waals surface area contributed by atoms with Crippen molar-refractivity contribution in [2.75, 3.05) is 7.05 Å². The molecule has 0 bridgehead atoms. The Morgan fingerprint density at radius 1 is 1.23 bits per heavy atom. The van der Waals surface area contributed by atoms with Gasteiger partial charge in [-0.25, -0.2) is 4.79 Å². The third kappa shape index (κ3) is 5.79. The second-order valence-electron chi connectivity index (χ2n) is 6.92. The van der Waals surface area contributed by atoms with Gasteiger partial charge in [0.25, 0.3) is 0 Å². The monoisotopic (exact) mass is 358 g/mol. The van der Waals surface area contributed by atoms with Crippen molar-refractivity contribution in [3.63, 3.8) is 0 Å². The summed E-state index contributed by atoms with van der Waals surface area (Å²) in [5.74, 6) is 0.855. The standard InChI is InChI=1S/C20H30N4O2/c1-6-16(4)26-19-9-7-17(8-10-19)11-21-20(25)23(5)13-18-12-22-24(14-18)15(2)3/h7-10,12,14-16H,6,11,13H2,1-5H3,(H,21,25)/t16-/m1/s1. The highest BCUT2D eigenvalue weighted by atomic mass is 16.5. The first-order chi connectivity index (χ1) is 12.4. The maximum Gasteiger partial charge on any atom is 0.317 e. The largest absolute Gasteiger partial charge is 0.491 e. The number of benzene rings is 1. The predicted octanol–water partition coefficient (Wildman–Crippen LogP) is 3.98. The van der Waals surface area contributed by atoms with Crippen LogP contribution in [-0.2, 0) is 13.1 Å². The van der Waals surface area contributed by atoms with Gasteiger partial charge in [-0.05, 0) is 44.9 Å². The quantitative estimate of drug-likeness (QED) is 0.776. The molecule has 0 aliphatic heterocycles. The summed E-state index contributed by atoms with van der Waals surface area (Å²) in [5.41, 5.74) is 2.05. The van der Waals surface area contributed by atoms with Gasteiger partial charge < -0.3 is 15.0 Å². The molecule has 2 aromatic rings. The normalized spacial score (nSPS) is 12.1. The minimum Gasteiger partial charge on any atom is -0.491 e. The second-order valence-corrected chi connectivity index (χ2v) is 6.92. The van der Waals surface area contributed by atoms with Crippen molar-refractivity contribution in [1.29, 1.82) is 0 Å². The molecule has 0 saturated heterocycles. The molecular formula is C20H30N4O2. The molecule has 1 atom stereocenters. The number of hydrogen-bond acceptors (Lipinski definition) is 3. The first-order valence-electron chi connectivity index (χ1n) is 9.16. The molecule has 0 saturated carbocycles. The Labute approximate surface area is 156 Å². The van der Waals surface area contributed by atoms with Gasteiger partial charge in [0.1, 0.15) is 5.75 Å². The van der Waals surface area contributed by atoms with Crippen LogP contribution in [0.25, 0.3) is 0 Å². The Hall–Kier alpha value is -2.50. The van der Waals surface area contributed by atoms with E-state index in [4.69, 9.17) is 4.74 Å². The molecule has 142 valence electrons. The van der Waals surface area contributed by atoms with E-state index in [0.29, 0.717) is 19.1 Å². The van der Waals surface area contributed by atoms with E-state index in [1.54, 1.807) is 18.1 Å². The highest BCUT2D eigenvalue weighted by Gasteiger charge is 2.11. The zero-order chi connectivity index (χ0) is 19.1. The summed E-state index contributed by atoms with van der Waals surface area (Å²) in [6.45, 7) is 9.31. The van der Waals surface area contributed by atoms with Gasteiger partial charge in [-0.3, -0.25) is 4.68 Å². The van der Waals surface area contributed by atoms with E-state index in [1.165, 1.54) is 0 Å². The van der Waals surface area contributed by atoms with Crippen LogP contribution < -0.4 is 10.1 Å².